The third-order valence-corrected chi connectivity index (χ3v) is 4.80. The van der Waals surface area contributed by atoms with Gasteiger partial charge in [-0.05, 0) is 37.6 Å². The van der Waals surface area contributed by atoms with Crippen molar-refractivity contribution >= 4 is 28.1 Å². The summed E-state index contributed by atoms with van der Waals surface area (Å²) in [5.74, 6) is -0.159. The third kappa shape index (κ3) is 2.84. The molecule has 130 valence electrons. The van der Waals surface area contributed by atoms with E-state index in [1.165, 1.54) is 29.7 Å². The van der Waals surface area contributed by atoms with Gasteiger partial charge in [-0.1, -0.05) is 0 Å². The van der Waals surface area contributed by atoms with Crippen LogP contribution in [0.15, 0.2) is 42.2 Å². The van der Waals surface area contributed by atoms with Crippen LogP contribution < -0.4 is 5.43 Å². The first kappa shape index (κ1) is 16.3. The van der Waals surface area contributed by atoms with Crippen LogP contribution in [0.25, 0.3) is 21.7 Å². The van der Waals surface area contributed by atoms with Crippen LogP contribution in [0, 0.1) is 19.7 Å². The van der Waals surface area contributed by atoms with Gasteiger partial charge < -0.3 is 0 Å². The molecule has 1 N–H and O–H groups in total. The number of aromatic nitrogens is 4. The lowest BCUT2D eigenvalue weighted by molar-refractivity contribution is 0.101. The van der Waals surface area contributed by atoms with Crippen molar-refractivity contribution in [1.29, 1.82) is 0 Å². The highest BCUT2D eigenvalue weighted by atomic mass is 32.1. The summed E-state index contributed by atoms with van der Waals surface area (Å²) in [6.45, 7) is 3.61. The lowest BCUT2D eigenvalue weighted by atomic mass is 10.2. The van der Waals surface area contributed by atoms with Gasteiger partial charge in [0.25, 0.3) is 5.91 Å². The van der Waals surface area contributed by atoms with Crippen LogP contribution in [0.5, 0.6) is 0 Å². The van der Waals surface area contributed by atoms with E-state index in [1.54, 1.807) is 30.1 Å². The molecule has 0 aliphatic carbocycles. The Balaban J connectivity index is 1.65. The molecule has 0 saturated carbocycles. The van der Waals surface area contributed by atoms with Crippen LogP contribution in [0.2, 0.25) is 0 Å². The standard InChI is InChI=1S/C18H14FN5OS/c1-10-9-24(15-4-3-12(19)7-13(10)15)23-17(25)14-8-21-16(22-11(14)2)18-20-5-6-26-18/h3-9H,1-2H3,(H,23,25). The second-order valence-corrected chi connectivity index (χ2v) is 6.71. The number of carbonyl (C=O) groups excluding carboxylic acids is 1. The number of fused-ring (bicyclic) bond motifs is 1. The average Bonchev–Trinajstić information content (AvgIpc) is 3.24. The van der Waals surface area contributed by atoms with Gasteiger partial charge in [0.2, 0.25) is 0 Å². The SMILES string of the molecule is Cc1nc(-c2nccs2)ncc1C(=O)Nn1cc(C)c2cc(F)ccc21. The lowest BCUT2D eigenvalue weighted by Gasteiger charge is -2.10. The van der Waals surface area contributed by atoms with E-state index in [0.29, 0.717) is 22.1 Å². The predicted molar refractivity (Wildman–Crippen MR) is 98.2 cm³/mol. The van der Waals surface area contributed by atoms with Crippen molar-refractivity contribution in [3.8, 4) is 10.8 Å². The Hall–Kier alpha value is -3.13. The summed E-state index contributed by atoms with van der Waals surface area (Å²) < 4.78 is 15.0. The molecule has 3 aromatic heterocycles. The minimum atomic E-state index is -0.339. The summed E-state index contributed by atoms with van der Waals surface area (Å²) in [5, 5.41) is 3.29. The number of nitrogens with zero attached hydrogens (tertiary/aromatic N) is 4. The fourth-order valence-electron chi connectivity index (χ4n) is 2.76. The Morgan fingerprint density at radius 1 is 1.27 bits per heavy atom. The quantitative estimate of drug-likeness (QED) is 0.599. The smallest absolute Gasteiger partial charge is 0.267 e. The number of rotatable bonds is 3. The highest BCUT2D eigenvalue weighted by Crippen LogP contribution is 2.22. The van der Waals surface area contributed by atoms with Crippen LogP contribution >= 0.6 is 11.3 Å². The molecule has 3 heterocycles. The number of hydrogen-bond acceptors (Lipinski definition) is 5. The van der Waals surface area contributed by atoms with E-state index in [4.69, 9.17) is 0 Å². The van der Waals surface area contributed by atoms with Gasteiger partial charge in [0.05, 0.1) is 16.8 Å². The van der Waals surface area contributed by atoms with Crippen molar-refractivity contribution in [2.24, 2.45) is 0 Å². The molecule has 8 heteroatoms. The van der Waals surface area contributed by atoms with Gasteiger partial charge in [-0.15, -0.1) is 11.3 Å². The molecule has 1 amide bonds. The molecule has 0 radical (unpaired) electrons. The largest absolute Gasteiger partial charge is 0.273 e. The van der Waals surface area contributed by atoms with Gasteiger partial charge in [-0.25, -0.2) is 19.3 Å². The number of amides is 1. The number of halogens is 1. The van der Waals surface area contributed by atoms with E-state index < -0.39 is 0 Å². The van der Waals surface area contributed by atoms with Gasteiger partial charge in [-0.2, -0.15) is 0 Å². The molecule has 1 aromatic carbocycles. The summed E-state index contributed by atoms with van der Waals surface area (Å²) in [6, 6.07) is 4.44. The Morgan fingerprint density at radius 2 is 2.12 bits per heavy atom. The fourth-order valence-corrected chi connectivity index (χ4v) is 3.33. The van der Waals surface area contributed by atoms with Gasteiger partial charge in [0, 0.05) is 29.4 Å². The number of thiazole rings is 1. The van der Waals surface area contributed by atoms with Crippen LogP contribution in [0.4, 0.5) is 4.39 Å². The zero-order valence-corrected chi connectivity index (χ0v) is 14.8. The highest BCUT2D eigenvalue weighted by Gasteiger charge is 2.15. The molecule has 0 atom stereocenters. The van der Waals surface area contributed by atoms with Gasteiger partial charge in [0.15, 0.2) is 10.8 Å². The maximum Gasteiger partial charge on any atom is 0.273 e. The van der Waals surface area contributed by atoms with Crippen molar-refractivity contribution in [2.45, 2.75) is 13.8 Å². The van der Waals surface area contributed by atoms with Gasteiger partial charge in [-0.3, -0.25) is 14.9 Å². The van der Waals surface area contributed by atoms with E-state index >= 15 is 0 Å². The molecule has 26 heavy (non-hydrogen) atoms. The average molecular weight is 367 g/mol. The van der Waals surface area contributed by atoms with Crippen LogP contribution in [-0.4, -0.2) is 25.5 Å². The molecule has 6 nitrogen and oxygen atoms in total. The molecule has 4 rings (SSSR count). The van der Waals surface area contributed by atoms with Crippen LogP contribution in [-0.2, 0) is 0 Å². The topological polar surface area (TPSA) is 72.7 Å². The maximum atomic E-state index is 13.4. The number of hydrogen-bond donors (Lipinski definition) is 1. The van der Waals surface area contributed by atoms with Gasteiger partial charge in [0.1, 0.15) is 5.82 Å². The summed E-state index contributed by atoms with van der Waals surface area (Å²) in [7, 11) is 0. The van der Waals surface area contributed by atoms with Crippen molar-refractivity contribution in [3.63, 3.8) is 0 Å². The zero-order valence-electron chi connectivity index (χ0n) is 14.0. The third-order valence-electron chi connectivity index (χ3n) is 4.04. The minimum Gasteiger partial charge on any atom is -0.267 e. The van der Waals surface area contributed by atoms with E-state index in [2.05, 4.69) is 20.4 Å². The fraction of sp³-hybridized carbons (Fsp3) is 0.111. The Labute approximate surface area is 152 Å². The van der Waals surface area contributed by atoms with Crippen molar-refractivity contribution in [1.82, 2.24) is 19.6 Å². The molecule has 0 aliphatic heterocycles. The maximum absolute atomic E-state index is 13.4. The number of carbonyl (C=O) groups is 1. The summed E-state index contributed by atoms with van der Waals surface area (Å²) in [6.07, 6.45) is 4.93. The molecule has 0 spiro atoms. The number of benzene rings is 1. The number of nitrogens with one attached hydrogen (secondary N) is 1. The number of aryl methyl sites for hydroxylation is 2. The van der Waals surface area contributed by atoms with Gasteiger partial charge >= 0.3 is 0 Å². The first-order chi connectivity index (χ1) is 12.5. The van der Waals surface area contributed by atoms with Crippen molar-refractivity contribution in [2.75, 3.05) is 5.43 Å². The molecule has 0 bridgehead atoms. The monoisotopic (exact) mass is 367 g/mol. The summed E-state index contributed by atoms with van der Waals surface area (Å²) in [5.41, 5.74) is 5.31. The minimum absolute atomic E-state index is 0.313. The molecule has 0 fully saturated rings. The second kappa shape index (κ2) is 6.30. The van der Waals surface area contributed by atoms with Crippen LogP contribution in [0.3, 0.4) is 0 Å². The van der Waals surface area contributed by atoms with E-state index in [1.807, 2.05) is 12.3 Å². The van der Waals surface area contributed by atoms with E-state index in [-0.39, 0.29) is 11.7 Å². The molecule has 0 saturated heterocycles. The van der Waals surface area contributed by atoms with E-state index in [9.17, 15) is 9.18 Å². The molecule has 0 aliphatic rings. The lowest BCUT2D eigenvalue weighted by Crippen LogP contribution is -2.23. The van der Waals surface area contributed by atoms with Crippen molar-refractivity contribution in [3.05, 3.63) is 64.8 Å². The zero-order chi connectivity index (χ0) is 18.3. The Bertz CT molecular complexity index is 1120. The van der Waals surface area contributed by atoms with E-state index in [0.717, 1.165) is 16.5 Å². The normalized spacial score (nSPS) is 11.0. The highest BCUT2D eigenvalue weighted by molar-refractivity contribution is 7.12. The molecule has 4 aromatic rings. The molecular weight excluding hydrogens is 353 g/mol. The van der Waals surface area contributed by atoms with Crippen molar-refractivity contribution < 1.29 is 9.18 Å². The predicted octanol–water partition coefficient (Wildman–Crippen LogP) is 3.69. The summed E-state index contributed by atoms with van der Waals surface area (Å²) in [4.78, 5) is 25.4. The first-order valence-corrected chi connectivity index (χ1v) is 8.73. The molecular formula is C18H14FN5OS. The Kier molecular flexibility index (Phi) is 3.96. The second-order valence-electron chi connectivity index (χ2n) is 5.81. The molecule has 0 unspecified atom stereocenters. The first-order valence-electron chi connectivity index (χ1n) is 7.85. The van der Waals surface area contributed by atoms with Crippen LogP contribution in [0.1, 0.15) is 21.6 Å². The Morgan fingerprint density at radius 3 is 2.85 bits per heavy atom. The summed E-state index contributed by atoms with van der Waals surface area (Å²) >= 11 is 1.44.